The maximum atomic E-state index is 12.3. The Labute approximate surface area is 115 Å². The van der Waals surface area contributed by atoms with Crippen molar-refractivity contribution in [1.29, 1.82) is 0 Å². The van der Waals surface area contributed by atoms with E-state index in [1.807, 2.05) is 23.1 Å². The van der Waals surface area contributed by atoms with Gasteiger partial charge in [-0.05, 0) is 37.5 Å². The van der Waals surface area contributed by atoms with E-state index in [1.54, 1.807) is 0 Å². The molecule has 2 heterocycles. The number of nitrogens with zero attached hydrogens (tertiary/aromatic N) is 2. The van der Waals surface area contributed by atoms with Gasteiger partial charge in [0.15, 0.2) is 4.61 Å². The molecule has 4 nitrogen and oxygen atoms in total. The fraction of sp³-hybridized carbons (Fsp3) is 0.462. The molecule has 1 saturated heterocycles. The third kappa shape index (κ3) is 2.41. The molecule has 18 heavy (non-hydrogen) atoms. The van der Waals surface area contributed by atoms with Gasteiger partial charge in [0, 0.05) is 21.8 Å². The lowest BCUT2D eigenvalue weighted by atomic mass is 10.1. The molecule has 0 radical (unpaired) electrons. The minimum Gasteiger partial charge on any atom is -0.385 e. The zero-order valence-corrected chi connectivity index (χ0v) is 12.2. The molecule has 0 N–H and O–H groups in total. The van der Waals surface area contributed by atoms with Crippen molar-refractivity contribution in [1.82, 2.24) is 4.90 Å². The number of hydrogen-bond donors (Lipinski definition) is 0. The zero-order chi connectivity index (χ0) is 12.4. The van der Waals surface area contributed by atoms with Crippen molar-refractivity contribution in [3.8, 4) is 0 Å². The summed E-state index contributed by atoms with van der Waals surface area (Å²) < 4.78 is 2.01. The predicted octanol–water partition coefficient (Wildman–Crippen LogP) is 2.06. The van der Waals surface area contributed by atoms with Crippen LogP contribution in [0.5, 0.6) is 0 Å². The molecular weight excluding hydrogens is 343 g/mol. The summed E-state index contributed by atoms with van der Waals surface area (Å²) in [6, 6.07) is 5.87. The van der Waals surface area contributed by atoms with E-state index in [-0.39, 0.29) is 26.6 Å². The molecule has 0 spiro atoms. The summed E-state index contributed by atoms with van der Waals surface area (Å²) in [7, 11) is 0. The molecule has 2 aliphatic heterocycles. The SMILES string of the molecule is O=C(c1ccc2c(c1)=NOCI=2)N1CCCCC1. The molecule has 0 aromatic heterocycles. The Balaban J connectivity index is 1.90. The quantitative estimate of drug-likeness (QED) is 0.570. The van der Waals surface area contributed by atoms with Gasteiger partial charge in [0.2, 0.25) is 0 Å². The largest absolute Gasteiger partial charge is 0.385 e. The second-order valence-electron chi connectivity index (χ2n) is 4.48. The highest BCUT2D eigenvalue weighted by Crippen LogP contribution is 2.14. The Bertz CT molecular complexity index is 579. The number of piperidine rings is 1. The van der Waals surface area contributed by atoms with Gasteiger partial charge in [0.25, 0.3) is 5.91 Å². The Hall–Kier alpha value is -0.980. The van der Waals surface area contributed by atoms with Gasteiger partial charge in [-0.15, -0.1) is 0 Å². The van der Waals surface area contributed by atoms with Gasteiger partial charge in [-0.3, -0.25) is 4.79 Å². The van der Waals surface area contributed by atoms with Crippen LogP contribution in [0.1, 0.15) is 29.6 Å². The number of fused-ring (bicyclic) bond motifs is 1. The molecule has 96 valence electrons. The van der Waals surface area contributed by atoms with Crippen LogP contribution in [0.3, 0.4) is 0 Å². The van der Waals surface area contributed by atoms with E-state index in [0.717, 1.165) is 41.5 Å². The lowest BCUT2D eigenvalue weighted by molar-refractivity contribution is 0.0724. The van der Waals surface area contributed by atoms with Crippen LogP contribution < -0.4 is 5.36 Å². The normalized spacial score (nSPS) is 18.6. The monoisotopic (exact) mass is 358 g/mol. The zero-order valence-electron chi connectivity index (χ0n) is 10.1. The Morgan fingerprint density at radius 2 is 2.11 bits per heavy atom. The van der Waals surface area contributed by atoms with Crippen molar-refractivity contribution >= 4 is 26.6 Å². The Morgan fingerprint density at radius 1 is 1.28 bits per heavy atom. The first-order valence-electron chi connectivity index (χ1n) is 6.20. The van der Waals surface area contributed by atoms with E-state index in [1.165, 1.54) is 9.58 Å². The van der Waals surface area contributed by atoms with Crippen molar-refractivity contribution in [2.45, 2.75) is 19.3 Å². The smallest absolute Gasteiger partial charge is 0.253 e. The van der Waals surface area contributed by atoms with Gasteiger partial charge in [-0.2, -0.15) is 0 Å². The standard InChI is InChI=1S/C13H15IN2O2/c17-13(16-6-2-1-3-7-16)10-4-5-11-12(8-10)15-18-9-14-11/h4-5,8H,1-3,6-7,9H2. The molecule has 1 aromatic rings. The first-order chi connectivity index (χ1) is 8.84. The van der Waals surface area contributed by atoms with Gasteiger partial charge in [-0.25, -0.2) is 0 Å². The number of hydrogen-bond acceptors (Lipinski definition) is 3. The van der Waals surface area contributed by atoms with Crippen LogP contribution in [0.25, 0.3) is 0 Å². The lowest BCUT2D eigenvalue weighted by Crippen LogP contribution is -2.36. The molecule has 1 aromatic carbocycles. The van der Waals surface area contributed by atoms with Crippen LogP contribution in [0.4, 0.5) is 0 Å². The molecule has 1 fully saturated rings. The highest BCUT2D eigenvalue weighted by Gasteiger charge is 2.18. The van der Waals surface area contributed by atoms with Crippen molar-refractivity contribution in [3.63, 3.8) is 0 Å². The molecule has 0 aliphatic carbocycles. The van der Waals surface area contributed by atoms with Crippen LogP contribution in [0.15, 0.2) is 23.4 Å². The van der Waals surface area contributed by atoms with Crippen molar-refractivity contribution in [3.05, 3.63) is 32.3 Å². The average Bonchev–Trinajstić information content (AvgIpc) is 2.47. The number of carbonyl (C=O) groups excluding carboxylic acids is 1. The number of rotatable bonds is 1. The average molecular weight is 358 g/mol. The number of carbonyl (C=O) groups is 1. The molecule has 5 heteroatoms. The first kappa shape index (κ1) is 12.1. The Kier molecular flexibility index (Phi) is 3.58. The van der Waals surface area contributed by atoms with Gasteiger partial charge in [0.1, 0.15) is 5.36 Å². The lowest BCUT2D eigenvalue weighted by Gasteiger charge is -2.26. The second-order valence-corrected chi connectivity index (χ2v) is 7.03. The molecule has 0 atom stereocenters. The summed E-state index contributed by atoms with van der Waals surface area (Å²) in [5.74, 6) is 0.136. The van der Waals surface area contributed by atoms with E-state index < -0.39 is 0 Å². The van der Waals surface area contributed by atoms with Crippen LogP contribution in [-0.4, -0.2) is 28.5 Å². The number of halogens is 1. The number of benzene rings is 1. The molecule has 0 bridgehead atoms. The van der Waals surface area contributed by atoms with E-state index in [0.29, 0.717) is 0 Å². The summed E-state index contributed by atoms with van der Waals surface area (Å²) in [6.07, 6.45) is 3.48. The first-order valence-corrected chi connectivity index (χ1v) is 8.80. The molecule has 2 aliphatic rings. The van der Waals surface area contributed by atoms with E-state index in [4.69, 9.17) is 4.84 Å². The van der Waals surface area contributed by atoms with Crippen molar-refractivity contribution in [2.24, 2.45) is 5.16 Å². The Morgan fingerprint density at radius 3 is 2.94 bits per heavy atom. The summed E-state index contributed by atoms with van der Waals surface area (Å²) in [4.78, 5) is 19.4. The van der Waals surface area contributed by atoms with Crippen LogP contribution in [-0.2, 0) is 4.84 Å². The van der Waals surface area contributed by atoms with E-state index in [2.05, 4.69) is 5.16 Å². The van der Waals surface area contributed by atoms with Gasteiger partial charge >= 0.3 is 0 Å². The maximum Gasteiger partial charge on any atom is 0.253 e. The predicted molar refractivity (Wildman–Crippen MR) is 76.2 cm³/mol. The van der Waals surface area contributed by atoms with Gasteiger partial charge in [0.05, 0.1) is 0 Å². The van der Waals surface area contributed by atoms with Gasteiger partial charge < -0.3 is 9.74 Å². The number of amides is 1. The summed E-state index contributed by atoms with van der Waals surface area (Å²) >= 11 is -0.0939. The minimum absolute atomic E-state index is 0.0939. The summed E-state index contributed by atoms with van der Waals surface area (Å²) in [5.41, 5.74) is 0.744. The molecule has 1 amide bonds. The number of alkyl halides is 1. The topological polar surface area (TPSA) is 41.9 Å². The second kappa shape index (κ2) is 5.34. The van der Waals surface area contributed by atoms with Crippen molar-refractivity contribution in [2.75, 3.05) is 17.7 Å². The van der Waals surface area contributed by atoms with E-state index >= 15 is 0 Å². The highest BCUT2D eigenvalue weighted by molar-refractivity contribution is 14.2. The third-order valence-corrected chi connectivity index (χ3v) is 5.57. The summed E-state index contributed by atoms with van der Waals surface area (Å²) in [6.45, 7) is 1.77. The van der Waals surface area contributed by atoms with Crippen molar-refractivity contribution < 1.29 is 9.63 Å². The van der Waals surface area contributed by atoms with Gasteiger partial charge in [-0.1, -0.05) is 25.9 Å². The number of likely N-dealkylation sites (tertiary alicyclic amines) is 1. The summed E-state index contributed by atoms with van der Waals surface area (Å²) in [5, 5.41) is 4.90. The fourth-order valence-electron chi connectivity index (χ4n) is 2.29. The van der Waals surface area contributed by atoms with Crippen LogP contribution in [0, 0.1) is 3.15 Å². The molecule has 0 unspecified atom stereocenters. The van der Waals surface area contributed by atoms with Crippen LogP contribution >= 0.6 is 20.7 Å². The minimum atomic E-state index is -0.0939. The highest BCUT2D eigenvalue weighted by atomic mass is 127. The molecular formula is C13H15IN2O2. The van der Waals surface area contributed by atoms with Crippen LogP contribution in [0.2, 0.25) is 0 Å². The maximum absolute atomic E-state index is 12.3. The molecule has 3 rings (SSSR count). The third-order valence-electron chi connectivity index (χ3n) is 3.25. The van der Waals surface area contributed by atoms with E-state index in [9.17, 15) is 4.79 Å². The fourth-order valence-corrected chi connectivity index (χ4v) is 3.98. The molecule has 0 saturated carbocycles.